The summed E-state index contributed by atoms with van der Waals surface area (Å²) in [5, 5.41) is 5.78. The van der Waals surface area contributed by atoms with Crippen molar-refractivity contribution < 1.29 is 9.59 Å². The number of carbonyl (C=O) groups excluding carboxylic acids is 2. The minimum atomic E-state index is -0.728. The Morgan fingerprint density at radius 1 is 0.913 bits per heavy atom. The van der Waals surface area contributed by atoms with Gasteiger partial charge >= 0.3 is 11.8 Å². The highest BCUT2D eigenvalue weighted by molar-refractivity contribution is 6.44. The Kier molecular flexibility index (Phi) is 5.40. The number of benzene rings is 2. The van der Waals surface area contributed by atoms with Crippen molar-refractivity contribution in [3.63, 3.8) is 0 Å². The second-order valence-corrected chi connectivity index (χ2v) is 5.97. The molecule has 0 aliphatic rings. The maximum atomic E-state index is 12.1. The molecule has 2 aromatic carbocycles. The van der Waals surface area contributed by atoms with Crippen molar-refractivity contribution in [1.29, 1.82) is 0 Å². The van der Waals surface area contributed by atoms with E-state index in [0.717, 1.165) is 11.1 Å². The standard InChI is InChI=1S/C18H19ClN2O2/c1-11(2)13-7-4-5-9-16(13)21-18(23)17(22)20-15-10-6-8-14(19)12(15)3/h4-11H,1-3H3,(H,20,22)(H,21,23). The van der Waals surface area contributed by atoms with E-state index >= 15 is 0 Å². The second-order valence-electron chi connectivity index (χ2n) is 5.56. The molecule has 0 radical (unpaired) electrons. The molecule has 5 heteroatoms. The fraction of sp³-hybridized carbons (Fsp3) is 0.222. The summed E-state index contributed by atoms with van der Waals surface area (Å²) >= 11 is 6.01. The van der Waals surface area contributed by atoms with E-state index in [2.05, 4.69) is 10.6 Å². The Balaban J connectivity index is 2.12. The Morgan fingerprint density at radius 2 is 1.48 bits per heavy atom. The van der Waals surface area contributed by atoms with Crippen LogP contribution in [0.3, 0.4) is 0 Å². The monoisotopic (exact) mass is 330 g/mol. The SMILES string of the molecule is Cc1c(Cl)cccc1NC(=O)C(=O)Nc1ccccc1C(C)C. The van der Waals surface area contributed by atoms with Crippen molar-refractivity contribution >= 4 is 34.8 Å². The number of amides is 2. The van der Waals surface area contributed by atoms with Gasteiger partial charge in [-0.25, -0.2) is 0 Å². The molecule has 0 spiro atoms. The largest absolute Gasteiger partial charge is 0.318 e. The molecular weight excluding hydrogens is 312 g/mol. The molecule has 0 bridgehead atoms. The second kappa shape index (κ2) is 7.29. The average Bonchev–Trinajstić information content (AvgIpc) is 2.52. The summed E-state index contributed by atoms with van der Waals surface area (Å²) in [6.45, 7) is 5.84. The molecule has 4 nitrogen and oxygen atoms in total. The van der Waals surface area contributed by atoms with Crippen LogP contribution in [0.2, 0.25) is 5.02 Å². The summed E-state index contributed by atoms with van der Waals surface area (Å²) in [4.78, 5) is 24.2. The first-order valence-electron chi connectivity index (χ1n) is 7.36. The molecule has 2 rings (SSSR count). The number of hydrogen-bond acceptors (Lipinski definition) is 2. The summed E-state index contributed by atoms with van der Waals surface area (Å²) < 4.78 is 0. The lowest BCUT2D eigenvalue weighted by molar-refractivity contribution is -0.133. The van der Waals surface area contributed by atoms with E-state index in [4.69, 9.17) is 11.6 Å². The highest BCUT2D eigenvalue weighted by atomic mass is 35.5. The van der Waals surface area contributed by atoms with Gasteiger partial charge in [-0.05, 0) is 42.2 Å². The molecule has 120 valence electrons. The minimum absolute atomic E-state index is 0.240. The summed E-state index contributed by atoms with van der Waals surface area (Å²) in [6, 6.07) is 12.6. The lowest BCUT2D eigenvalue weighted by Gasteiger charge is -2.14. The molecule has 2 amide bonds. The Morgan fingerprint density at radius 3 is 2.13 bits per heavy atom. The zero-order valence-corrected chi connectivity index (χ0v) is 14.1. The molecule has 23 heavy (non-hydrogen) atoms. The number of para-hydroxylation sites is 1. The number of rotatable bonds is 3. The van der Waals surface area contributed by atoms with Gasteiger partial charge in [0.2, 0.25) is 0 Å². The van der Waals surface area contributed by atoms with E-state index in [1.807, 2.05) is 32.0 Å². The topological polar surface area (TPSA) is 58.2 Å². The van der Waals surface area contributed by atoms with Gasteiger partial charge in [0.15, 0.2) is 0 Å². The van der Waals surface area contributed by atoms with Gasteiger partial charge in [-0.3, -0.25) is 9.59 Å². The number of carbonyl (C=O) groups is 2. The van der Waals surface area contributed by atoms with Crippen LogP contribution >= 0.6 is 11.6 Å². The van der Waals surface area contributed by atoms with Gasteiger partial charge in [-0.15, -0.1) is 0 Å². The molecule has 2 N–H and O–H groups in total. The Labute approximate surface area is 140 Å². The molecule has 0 atom stereocenters. The predicted molar refractivity (Wildman–Crippen MR) is 94.0 cm³/mol. The van der Waals surface area contributed by atoms with Crippen LogP contribution in [-0.2, 0) is 9.59 Å². The van der Waals surface area contributed by atoms with Crippen molar-refractivity contribution in [2.24, 2.45) is 0 Å². The maximum Gasteiger partial charge on any atom is 0.314 e. The molecule has 0 aliphatic heterocycles. The maximum absolute atomic E-state index is 12.1. The zero-order valence-electron chi connectivity index (χ0n) is 13.3. The summed E-state index contributed by atoms with van der Waals surface area (Å²) in [6.07, 6.45) is 0. The van der Waals surface area contributed by atoms with Gasteiger partial charge in [0.05, 0.1) is 0 Å². The molecule has 0 aromatic heterocycles. The van der Waals surface area contributed by atoms with Gasteiger partial charge in [-0.1, -0.05) is 49.7 Å². The molecule has 0 heterocycles. The molecule has 0 fully saturated rings. The minimum Gasteiger partial charge on any atom is -0.318 e. The highest BCUT2D eigenvalue weighted by Crippen LogP contribution is 2.24. The predicted octanol–water partition coefficient (Wildman–Crippen LogP) is 4.35. The van der Waals surface area contributed by atoms with Crippen LogP contribution in [0, 0.1) is 6.92 Å². The van der Waals surface area contributed by atoms with Crippen LogP contribution in [0.15, 0.2) is 42.5 Å². The van der Waals surface area contributed by atoms with Crippen LogP contribution < -0.4 is 10.6 Å². The fourth-order valence-electron chi connectivity index (χ4n) is 2.22. The number of halogens is 1. The molecule has 0 saturated heterocycles. The number of nitrogens with one attached hydrogen (secondary N) is 2. The van der Waals surface area contributed by atoms with E-state index in [-0.39, 0.29) is 5.92 Å². The van der Waals surface area contributed by atoms with Crippen LogP contribution in [0.4, 0.5) is 11.4 Å². The number of hydrogen-bond donors (Lipinski definition) is 2. The van der Waals surface area contributed by atoms with Crippen LogP contribution in [0.25, 0.3) is 0 Å². The van der Waals surface area contributed by atoms with E-state index in [9.17, 15) is 9.59 Å². The lowest BCUT2D eigenvalue weighted by Crippen LogP contribution is -2.29. The summed E-state index contributed by atoms with van der Waals surface area (Å²) in [7, 11) is 0. The third-order valence-corrected chi connectivity index (χ3v) is 3.96. The highest BCUT2D eigenvalue weighted by Gasteiger charge is 2.17. The summed E-state index contributed by atoms with van der Waals surface area (Å²) in [5.41, 5.74) is 2.87. The van der Waals surface area contributed by atoms with E-state index in [0.29, 0.717) is 16.4 Å². The first-order chi connectivity index (χ1) is 10.9. The van der Waals surface area contributed by atoms with E-state index in [1.54, 1.807) is 31.2 Å². The van der Waals surface area contributed by atoms with Gasteiger partial charge in [0.1, 0.15) is 0 Å². The first kappa shape index (κ1) is 17.0. The van der Waals surface area contributed by atoms with Crippen molar-refractivity contribution in [1.82, 2.24) is 0 Å². The summed E-state index contributed by atoms with van der Waals surface area (Å²) in [5.74, 6) is -1.20. The molecule has 0 unspecified atom stereocenters. The van der Waals surface area contributed by atoms with Crippen molar-refractivity contribution in [2.75, 3.05) is 10.6 Å². The van der Waals surface area contributed by atoms with Gasteiger partial charge < -0.3 is 10.6 Å². The Hall–Kier alpha value is -2.33. The third kappa shape index (κ3) is 4.11. The van der Waals surface area contributed by atoms with Crippen LogP contribution in [-0.4, -0.2) is 11.8 Å². The quantitative estimate of drug-likeness (QED) is 0.822. The molecular formula is C18H19ClN2O2. The fourth-order valence-corrected chi connectivity index (χ4v) is 2.39. The number of anilines is 2. The first-order valence-corrected chi connectivity index (χ1v) is 7.74. The van der Waals surface area contributed by atoms with Crippen LogP contribution in [0.5, 0.6) is 0 Å². The third-order valence-electron chi connectivity index (χ3n) is 3.55. The van der Waals surface area contributed by atoms with Gasteiger partial charge in [0.25, 0.3) is 0 Å². The Bertz CT molecular complexity index is 742. The lowest BCUT2D eigenvalue weighted by atomic mass is 10.0. The van der Waals surface area contributed by atoms with Crippen molar-refractivity contribution in [3.8, 4) is 0 Å². The molecule has 0 saturated carbocycles. The van der Waals surface area contributed by atoms with Crippen molar-refractivity contribution in [3.05, 3.63) is 58.6 Å². The molecule has 0 aliphatic carbocycles. The average molecular weight is 331 g/mol. The van der Waals surface area contributed by atoms with E-state index < -0.39 is 11.8 Å². The zero-order chi connectivity index (χ0) is 17.0. The van der Waals surface area contributed by atoms with Crippen LogP contribution in [0.1, 0.15) is 30.9 Å². The normalized spacial score (nSPS) is 10.5. The molecule has 2 aromatic rings. The van der Waals surface area contributed by atoms with Gasteiger partial charge in [0, 0.05) is 16.4 Å². The van der Waals surface area contributed by atoms with E-state index in [1.165, 1.54) is 0 Å². The smallest absolute Gasteiger partial charge is 0.314 e. The van der Waals surface area contributed by atoms with Gasteiger partial charge in [-0.2, -0.15) is 0 Å². The van der Waals surface area contributed by atoms with Crippen molar-refractivity contribution in [2.45, 2.75) is 26.7 Å².